The van der Waals surface area contributed by atoms with Crippen LogP contribution >= 0.6 is 11.6 Å². The van der Waals surface area contributed by atoms with Crippen LogP contribution in [0, 0.1) is 17.8 Å². The molecule has 0 saturated heterocycles. The summed E-state index contributed by atoms with van der Waals surface area (Å²) < 4.78 is 0. The lowest BCUT2D eigenvalue weighted by Crippen LogP contribution is -2.26. The van der Waals surface area contributed by atoms with Crippen molar-refractivity contribution >= 4 is 17.4 Å². The average molecular weight is 252 g/mol. The number of Topliss-reactive ketones (excluding diaryl/α,β-unsaturated/α-hetero) is 1. The van der Waals surface area contributed by atoms with Gasteiger partial charge in [0.15, 0.2) is 5.78 Å². The van der Waals surface area contributed by atoms with Gasteiger partial charge < -0.3 is 0 Å². The Kier molecular flexibility index (Phi) is 3.82. The molecule has 0 aliphatic heterocycles. The maximum atomic E-state index is 12.3. The van der Waals surface area contributed by atoms with Crippen molar-refractivity contribution in [3.63, 3.8) is 0 Å². The Bertz CT molecular complexity index is 418. The molecule has 1 saturated carbocycles. The van der Waals surface area contributed by atoms with Crippen molar-refractivity contribution < 1.29 is 4.79 Å². The average Bonchev–Trinajstić information content (AvgIpc) is 2.32. The summed E-state index contributed by atoms with van der Waals surface area (Å²) in [5.74, 6) is 1.77. The third-order valence-corrected chi connectivity index (χ3v) is 4.19. The fourth-order valence-electron chi connectivity index (χ4n) is 2.58. The minimum atomic E-state index is 0.166. The van der Waals surface area contributed by atoms with Crippen molar-refractivity contribution in [2.75, 3.05) is 0 Å². The Balaban J connectivity index is 2.10. The lowest BCUT2D eigenvalue weighted by atomic mass is 9.73. The normalized spacial score (nSPS) is 29.0. The molecule has 1 fully saturated rings. The fourth-order valence-corrected chi connectivity index (χ4v) is 2.75. The Morgan fingerprint density at radius 2 is 2.12 bits per heavy atom. The zero-order valence-electron chi connectivity index (χ0n) is 10.3. The number of hydrogen-bond donors (Lipinski definition) is 0. The van der Waals surface area contributed by atoms with Gasteiger partial charge >= 0.3 is 0 Å². The van der Waals surface area contributed by atoms with Crippen LogP contribution in [-0.2, 0) is 0 Å². The molecule has 0 amide bonds. The zero-order chi connectivity index (χ0) is 12.4. The van der Waals surface area contributed by atoms with Crippen LogP contribution in [0.25, 0.3) is 0 Å². The van der Waals surface area contributed by atoms with Crippen LogP contribution in [0.3, 0.4) is 0 Å². The van der Waals surface area contributed by atoms with Crippen molar-refractivity contribution in [1.29, 1.82) is 0 Å². The van der Waals surface area contributed by atoms with Gasteiger partial charge in [-0.1, -0.05) is 25.4 Å². The topological polar surface area (TPSA) is 30.0 Å². The summed E-state index contributed by atoms with van der Waals surface area (Å²) >= 11 is 5.82. The Morgan fingerprint density at radius 3 is 2.76 bits per heavy atom. The van der Waals surface area contributed by atoms with Gasteiger partial charge in [-0.25, -0.2) is 4.98 Å². The van der Waals surface area contributed by atoms with E-state index in [0.717, 1.165) is 25.2 Å². The Labute approximate surface area is 107 Å². The van der Waals surface area contributed by atoms with Crippen molar-refractivity contribution in [2.45, 2.75) is 33.1 Å². The number of nitrogens with zero attached hydrogens (tertiary/aromatic N) is 1. The van der Waals surface area contributed by atoms with E-state index in [4.69, 9.17) is 11.6 Å². The highest BCUT2D eigenvalue weighted by Crippen LogP contribution is 2.35. The number of ketones is 1. The number of rotatable bonds is 2. The molecule has 1 aromatic heterocycles. The summed E-state index contributed by atoms with van der Waals surface area (Å²) in [6.07, 6.45) is 4.76. The molecule has 1 heterocycles. The summed E-state index contributed by atoms with van der Waals surface area (Å²) in [6.45, 7) is 4.51. The van der Waals surface area contributed by atoms with Crippen LogP contribution in [0.15, 0.2) is 18.3 Å². The monoisotopic (exact) mass is 251 g/mol. The van der Waals surface area contributed by atoms with Crippen LogP contribution in [-0.4, -0.2) is 10.8 Å². The van der Waals surface area contributed by atoms with Gasteiger partial charge in [0.05, 0.1) is 0 Å². The fraction of sp³-hybridized carbons (Fsp3) is 0.571. The lowest BCUT2D eigenvalue weighted by molar-refractivity contribution is 0.0837. The molecule has 0 spiro atoms. The highest BCUT2D eigenvalue weighted by atomic mass is 35.5. The molecule has 0 radical (unpaired) electrons. The Hall–Kier alpha value is -0.890. The van der Waals surface area contributed by atoms with E-state index in [0.29, 0.717) is 16.6 Å². The van der Waals surface area contributed by atoms with Gasteiger partial charge in [-0.2, -0.15) is 0 Å². The number of carbonyl (C=O) groups is 1. The summed E-state index contributed by atoms with van der Waals surface area (Å²) in [5.41, 5.74) is 0.705. The van der Waals surface area contributed by atoms with Crippen molar-refractivity contribution in [1.82, 2.24) is 4.98 Å². The molecular formula is C14H18ClNO. The number of aromatic nitrogens is 1. The lowest BCUT2D eigenvalue weighted by Gasteiger charge is -2.31. The van der Waals surface area contributed by atoms with E-state index in [1.807, 2.05) is 0 Å². The second kappa shape index (κ2) is 5.18. The van der Waals surface area contributed by atoms with Crippen LogP contribution in [0.4, 0.5) is 0 Å². The maximum absolute atomic E-state index is 12.3. The van der Waals surface area contributed by atoms with Gasteiger partial charge in [-0.3, -0.25) is 4.79 Å². The SMILES string of the molecule is CC1CCC(C(=O)c2ccnc(Cl)c2)CC1C. The standard InChI is InChI=1S/C14H18ClNO/c1-9-3-4-11(7-10(9)2)14(17)12-5-6-16-13(15)8-12/h5-6,8-11H,3-4,7H2,1-2H3. The van der Waals surface area contributed by atoms with Crippen LogP contribution in [0.2, 0.25) is 5.15 Å². The molecule has 2 rings (SSSR count). The van der Waals surface area contributed by atoms with E-state index in [1.165, 1.54) is 0 Å². The largest absolute Gasteiger partial charge is 0.294 e. The van der Waals surface area contributed by atoms with E-state index >= 15 is 0 Å². The summed E-state index contributed by atoms with van der Waals surface area (Å²) in [5, 5.41) is 0.396. The first-order valence-electron chi connectivity index (χ1n) is 6.23. The summed E-state index contributed by atoms with van der Waals surface area (Å²) in [4.78, 5) is 16.2. The second-order valence-corrected chi connectivity index (χ2v) is 5.58. The van der Waals surface area contributed by atoms with Gasteiger partial charge in [-0.05, 0) is 43.2 Å². The molecule has 3 heteroatoms. The summed E-state index contributed by atoms with van der Waals surface area (Å²) in [7, 11) is 0. The van der Waals surface area contributed by atoms with Crippen molar-refractivity contribution in [3.8, 4) is 0 Å². The molecule has 17 heavy (non-hydrogen) atoms. The zero-order valence-corrected chi connectivity index (χ0v) is 11.1. The van der Waals surface area contributed by atoms with Crippen LogP contribution in [0.5, 0.6) is 0 Å². The molecule has 1 aliphatic rings. The van der Waals surface area contributed by atoms with Crippen molar-refractivity contribution in [2.24, 2.45) is 17.8 Å². The molecule has 1 aromatic rings. The second-order valence-electron chi connectivity index (χ2n) is 5.20. The number of halogens is 1. The molecule has 0 aromatic carbocycles. The molecule has 3 atom stereocenters. The highest BCUT2D eigenvalue weighted by Gasteiger charge is 2.29. The third kappa shape index (κ3) is 2.86. The van der Waals surface area contributed by atoms with E-state index in [-0.39, 0.29) is 11.7 Å². The van der Waals surface area contributed by atoms with Crippen molar-refractivity contribution in [3.05, 3.63) is 29.0 Å². The van der Waals surface area contributed by atoms with E-state index < -0.39 is 0 Å². The number of hydrogen-bond acceptors (Lipinski definition) is 2. The number of pyridine rings is 1. The molecule has 1 aliphatic carbocycles. The quantitative estimate of drug-likeness (QED) is 0.588. The predicted octanol–water partition coefficient (Wildman–Crippen LogP) is 3.99. The highest BCUT2D eigenvalue weighted by molar-refractivity contribution is 6.29. The first-order valence-corrected chi connectivity index (χ1v) is 6.61. The first-order chi connectivity index (χ1) is 8.08. The first kappa shape index (κ1) is 12.6. The van der Waals surface area contributed by atoms with Gasteiger partial charge in [-0.15, -0.1) is 0 Å². The number of carbonyl (C=O) groups excluding carboxylic acids is 1. The minimum Gasteiger partial charge on any atom is -0.294 e. The molecule has 2 nitrogen and oxygen atoms in total. The van der Waals surface area contributed by atoms with E-state index in [9.17, 15) is 4.79 Å². The van der Waals surface area contributed by atoms with Crippen LogP contribution < -0.4 is 0 Å². The molecule has 92 valence electrons. The van der Waals surface area contributed by atoms with Gasteiger partial charge in [0, 0.05) is 17.7 Å². The minimum absolute atomic E-state index is 0.166. The third-order valence-electron chi connectivity index (χ3n) is 3.98. The van der Waals surface area contributed by atoms with E-state index in [1.54, 1.807) is 18.3 Å². The molecule has 3 unspecified atom stereocenters. The molecule has 0 bridgehead atoms. The van der Waals surface area contributed by atoms with Gasteiger partial charge in [0.25, 0.3) is 0 Å². The predicted molar refractivity (Wildman–Crippen MR) is 69.2 cm³/mol. The van der Waals surface area contributed by atoms with Gasteiger partial charge in [0.2, 0.25) is 0 Å². The van der Waals surface area contributed by atoms with Crippen LogP contribution in [0.1, 0.15) is 43.5 Å². The maximum Gasteiger partial charge on any atom is 0.166 e. The molecule has 0 N–H and O–H groups in total. The van der Waals surface area contributed by atoms with Gasteiger partial charge in [0.1, 0.15) is 5.15 Å². The summed E-state index contributed by atoms with van der Waals surface area (Å²) in [6, 6.07) is 3.43. The Morgan fingerprint density at radius 1 is 1.35 bits per heavy atom. The smallest absolute Gasteiger partial charge is 0.166 e. The van der Waals surface area contributed by atoms with E-state index in [2.05, 4.69) is 18.8 Å². The molecular weight excluding hydrogens is 234 g/mol.